The molecular weight excluding hydrogens is 340 g/mol. The second-order valence-corrected chi connectivity index (χ2v) is 6.61. The van der Waals surface area contributed by atoms with Crippen LogP contribution < -0.4 is 10.6 Å². The minimum absolute atomic E-state index is 0.107. The number of hydrogen-bond acceptors (Lipinski definition) is 4. The maximum atomic E-state index is 12.4. The second-order valence-electron chi connectivity index (χ2n) is 6.61. The topological polar surface area (TPSA) is 85.2 Å². The average Bonchev–Trinajstić information content (AvgIpc) is 2.63. The van der Waals surface area contributed by atoms with Gasteiger partial charge in [0.05, 0.1) is 18.2 Å². The number of amides is 2. The van der Waals surface area contributed by atoms with Gasteiger partial charge in [0, 0.05) is 30.9 Å². The quantitative estimate of drug-likeness (QED) is 0.789. The largest absolute Gasteiger partial charge is 0.326 e. The molecule has 0 aliphatic rings. The molecule has 0 atom stereocenters. The summed E-state index contributed by atoms with van der Waals surface area (Å²) in [5.74, 6) is -0.244. The van der Waals surface area contributed by atoms with Gasteiger partial charge in [0.25, 0.3) is 0 Å². The van der Waals surface area contributed by atoms with Gasteiger partial charge in [-0.25, -0.2) is 0 Å². The Hall–Kier alpha value is -3.17. The number of hydrogen-bond donors (Lipinski definition) is 2. The van der Waals surface area contributed by atoms with Crippen molar-refractivity contribution in [2.24, 2.45) is 0 Å². The molecule has 2 amide bonds. The first-order valence-corrected chi connectivity index (χ1v) is 8.78. The molecular formula is C21H24N4O2. The van der Waals surface area contributed by atoms with Crippen LogP contribution in [0.5, 0.6) is 0 Å². The number of benzene rings is 2. The fraction of sp³-hybridized carbons (Fsp3) is 0.286. The number of nitriles is 1. The average molecular weight is 364 g/mol. The van der Waals surface area contributed by atoms with Crippen molar-refractivity contribution in [3.63, 3.8) is 0 Å². The van der Waals surface area contributed by atoms with Crippen LogP contribution in [0.1, 0.15) is 31.9 Å². The molecule has 0 spiro atoms. The molecule has 6 nitrogen and oxygen atoms in total. The van der Waals surface area contributed by atoms with Gasteiger partial charge in [-0.15, -0.1) is 0 Å². The molecule has 6 heteroatoms. The number of nitrogens with one attached hydrogen (secondary N) is 2. The molecule has 0 saturated heterocycles. The van der Waals surface area contributed by atoms with Gasteiger partial charge < -0.3 is 10.6 Å². The van der Waals surface area contributed by atoms with Crippen molar-refractivity contribution < 1.29 is 9.59 Å². The molecule has 2 aromatic rings. The molecule has 2 rings (SSSR count). The summed E-state index contributed by atoms with van der Waals surface area (Å²) < 4.78 is 0. The highest BCUT2D eigenvalue weighted by Gasteiger charge is 2.15. The van der Waals surface area contributed by atoms with Gasteiger partial charge in [-0.3, -0.25) is 14.5 Å². The molecule has 0 unspecified atom stereocenters. The highest BCUT2D eigenvalue weighted by molar-refractivity contribution is 5.93. The van der Waals surface area contributed by atoms with Crippen LogP contribution in [-0.2, 0) is 16.1 Å². The summed E-state index contributed by atoms with van der Waals surface area (Å²) in [5.41, 5.74) is 3.03. The van der Waals surface area contributed by atoms with E-state index in [1.165, 1.54) is 6.92 Å². The van der Waals surface area contributed by atoms with E-state index in [4.69, 9.17) is 5.26 Å². The Labute approximate surface area is 159 Å². The lowest BCUT2D eigenvalue weighted by Crippen LogP contribution is -2.37. The van der Waals surface area contributed by atoms with Crippen LogP contribution >= 0.6 is 0 Å². The van der Waals surface area contributed by atoms with E-state index in [2.05, 4.69) is 21.6 Å². The van der Waals surface area contributed by atoms with Gasteiger partial charge in [-0.2, -0.15) is 5.26 Å². The van der Waals surface area contributed by atoms with Gasteiger partial charge in [0.2, 0.25) is 11.8 Å². The monoisotopic (exact) mass is 364 g/mol. The Balaban J connectivity index is 1.95. The highest BCUT2D eigenvalue weighted by atomic mass is 16.2. The van der Waals surface area contributed by atoms with Gasteiger partial charge >= 0.3 is 0 Å². The smallest absolute Gasteiger partial charge is 0.238 e. The van der Waals surface area contributed by atoms with Gasteiger partial charge in [0.15, 0.2) is 0 Å². The van der Waals surface area contributed by atoms with E-state index in [1.807, 2.05) is 26.0 Å². The maximum absolute atomic E-state index is 12.4. The van der Waals surface area contributed by atoms with E-state index in [1.54, 1.807) is 36.4 Å². The van der Waals surface area contributed by atoms with Crippen LogP contribution in [-0.4, -0.2) is 29.3 Å². The first kappa shape index (κ1) is 20.1. The van der Waals surface area contributed by atoms with E-state index < -0.39 is 0 Å². The Bertz CT molecular complexity index is 821. The summed E-state index contributed by atoms with van der Waals surface area (Å²) >= 11 is 0. The summed E-state index contributed by atoms with van der Waals surface area (Å²) in [6.45, 7) is 6.41. The molecule has 0 aromatic heterocycles. The van der Waals surface area contributed by atoms with Crippen molar-refractivity contribution in [3.05, 3.63) is 59.7 Å². The molecule has 0 radical (unpaired) electrons. The Morgan fingerprint density at radius 3 is 2.04 bits per heavy atom. The fourth-order valence-electron chi connectivity index (χ4n) is 2.57. The molecule has 0 bridgehead atoms. The molecule has 0 aliphatic carbocycles. The lowest BCUT2D eigenvalue weighted by Gasteiger charge is -2.26. The van der Waals surface area contributed by atoms with Crippen LogP contribution in [0.2, 0.25) is 0 Å². The van der Waals surface area contributed by atoms with E-state index in [0.717, 1.165) is 5.56 Å². The number of nitrogens with zero attached hydrogens (tertiary/aromatic N) is 2. The third-order valence-electron chi connectivity index (χ3n) is 4.03. The minimum Gasteiger partial charge on any atom is -0.326 e. The third kappa shape index (κ3) is 6.57. The van der Waals surface area contributed by atoms with Crippen LogP contribution in [0.25, 0.3) is 0 Å². The Morgan fingerprint density at radius 1 is 1.00 bits per heavy atom. The van der Waals surface area contributed by atoms with Crippen molar-refractivity contribution in [2.45, 2.75) is 33.4 Å². The van der Waals surface area contributed by atoms with E-state index in [0.29, 0.717) is 23.5 Å². The van der Waals surface area contributed by atoms with Gasteiger partial charge in [-0.1, -0.05) is 12.1 Å². The Kier molecular flexibility index (Phi) is 7.09. The normalized spacial score (nSPS) is 10.5. The van der Waals surface area contributed by atoms with Crippen molar-refractivity contribution in [1.82, 2.24) is 4.90 Å². The van der Waals surface area contributed by atoms with Crippen LogP contribution in [0.15, 0.2) is 48.5 Å². The van der Waals surface area contributed by atoms with Gasteiger partial charge in [0.1, 0.15) is 0 Å². The maximum Gasteiger partial charge on any atom is 0.238 e. The summed E-state index contributed by atoms with van der Waals surface area (Å²) in [5, 5.41) is 14.4. The van der Waals surface area contributed by atoms with Crippen molar-refractivity contribution in [2.75, 3.05) is 17.2 Å². The number of anilines is 2. The van der Waals surface area contributed by atoms with Crippen molar-refractivity contribution in [3.8, 4) is 6.07 Å². The molecule has 0 heterocycles. The number of rotatable bonds is 7. The predicted octanol–water partition coefficient (Wildman–Crippen LogP) is 3.37. The third-order valence-corrected chi connectivity index (χ3v) is 4.03. The van der Waals surface area contributed by atoms with Crippen molar-refractivity contribution in [1.29, 1.82) is 5.26 Å². The zero-order chi connectivity index (χ0) is 19.8. The lowest BCUT2D eigenvalue weighted by molar-refractivity contribution is -0.118. The number of carbonyl (C=O) groups excluding carboxylic acids is 2. The second kappa shape index (κ2) is 9.51. The standard InChI is InChI=1S/C21H24N4O2/c1-15(2)25(13-18-6-4-17(12-22)5-7-18)14-21(27)24-20-10-8-19(9-11-20)23-16(3)26/h4-11,15H,13-14H2,1-3H3,(H,23,26)(H,24,27). The molecule has 2 aromatic carbocycles. The minimum atomic E-state index is -0.137. The van der Waals surface area contributed by atoms with Crippen LogP contribution in [0.3, 0.4) is 0 Å². The summed E-state index contributed by atoms with van der Waals surface area (Å²) in [4.78, 5) is 25.5. The molecule has 0 saturated carbocycles. The highest BCUT2D eigenvalue weighted by Crippen LogP contribution is 2.14. The van der Waals surface area contributed by atoms with Crippen LogP contribution in [0.4, 0.5) is 11.4 Å². The molecule has 27 heavy (non-hydrogen) atoms. The van der Waals surface area contributed by atoms with Crippen LogP contribution in [0, 0.1) is 11.3 Å². The summed E-state index contributed by atoms with van der Waals surface area (Å²) in [6.07, 6.45) is 0. The summed E-state index contributed by atoms with van der Waals surface area (Å²) in [7, 11) is 0. The first-order valence-electron chi connectivity index (χ1n) is 8.78. The van der Waals surface area contributed by atoms with E-state index in [-0.39, 0.29) is 24.4 Å². The lowest BCUT2D eigenvalue weighted by atomic mass is 10.1. The molecule has 0 fully saturated rings. The number of carbonyl (C=O) groups is 2. The molecule has 0 aliphatic heterocycles. The van der Waals surface area contributed by atoms with Gasteiger partial charge in [-0.05, 0) is 55.8 Å². The van der Waals surface area contributed by atoms with E-state index >= 15 is 0 Å². The zero-order valence-corrected chi connectivity index (χ0v) is 15.8. The Morgan fingerprint density at radius 2 is 1.56 bits per heavy atom. The zero-order valence-electron chi connectivity index (χ0n) is 15.8. The molecule has 140 valence electrons. The molecule has 2 N–H and O–H groups in total. The van der Waals surface area contributed by atoms with Crippen molar-refractivity contribution >= 4 is 23.2 Å². The summed E-state index contributed by atoms with van der Waals surface area (Å²) in [6, 6.07) is 16.7. The first-order chi connectivity index (χ1) is 12.9. The SMILES string of the molecule is CC(=O)Nc1ccc(NC(=O)CN(Cc2ccc(C#N)cc2)C(C)C)cc1. The fourth-order valence-corrected chi connectivity index (χ4v) is 2.57. The predicted molar refractivity (Wildman–Crippen MR) is 106 cm³/mol. The van der Waals surface area contributed by atoms with E-state index in [9.17, 15) is 9.59 Å².